The molecule has 0 heterocycles. The number of hydrogen-bond donors (Lipinski definition) is 0. The molecule has 2 nitrogen and oxygen atoms in total. The molecular formula is C14H9ClN2. The first-order valence-electron chi connectivity index (χ1n) is 5.10. The minimum absolute atomic E-state index is 0.383. The first kappa shape index (κ1) is 11.4. The Labute approximate surface area is 105 Å². The molecule has 0 aliphatic heterocycles. The molecule has 0 N–H and O–H groups in total. The van der Waals surface area contributed by atoms with E-state index in [4.69, 9.17) is 16.9 Å². The van der Waals surface area contributed by atoms with Crippen molar-refractivity contribution >= 4 is 22.5 Å². The average Bonchev–Trinajstić information content (AvgIpc) is 2.40. The van der Waals surface area contributed by atoms with E-state index in [0.29, 0.717) is 16.4 Å². The van der Waals surface area contributed by atoms with Gasteiger partial charge >= 0.3 is 0 Å². The third-order valence-electron chi connectivity index (χ3n) is 2.26. The van der Waals surface area contributed by atoms with Crippen LogP contribution in [0.5, 0.6) is 0 Å². The van der Waals surface area contributed by atoms with E-state index in [1.807, 2.05) is 36.4 Å². The standard InChI is InChI=1S/C14H9ClN2/c15-14(11-6-2-1-3-7-11)17-13-9-5-4-8-12(13)10-16/h1-9H/b17-14-. The zero-order valence-electron chi connectivity index (χ0n) is 8.97. The summed E-state index contributed by atoms with van der Waals surface area (Å²) in [6.45, 7) is 0. The molecule has 0 spiro atoms. The highest BCUT2D eigenvalue weighted by Crippen LogP contribution is 2.20. The molecule has 0 aliphatic carbocycles. The second-order valence-corrected chi connectivity index (χ2v) is 3.76. The molecule has 2 rings (SSSR count). The molecule has 82 valence electrons. The first-order valence-corrected chi connectivity index (χ1v) is 5.48. The van der Waals surface area contributed by atoms with Crippen LogP contribution in [0, 0.1) is 11.3 Å². The topological polar surface area (TPSA) is 36.1 Å². The molecule has 2 aromatic carbocycles. The molecule has 2 aromatic rings. The van der Waals surface area contributed by atoms with Gasteiger partial charge in [-0.15, -0.1) is 0 Å². The number of benzene rings is 2. The number of para-hydroxylation sites is 1. The highest BCUT2D eigenvalue weighted by molar-refractivity contribution is 6.69. The van der Waals surface area contributed by atoms with Crippen LogP contribution in [0.15, 0.2) is 59.6 Å². The fourth-order valence-corrected chi connectivity index (χ4v) is 1.63. The fourth-order valence-electron chi connectivity index (χ4n) is 1.41. The lowest BCUT2D eigenvalue weighted by molar-refractivity contribution is 1.44. The van der Waals surface area contributed by atoms with Gasteiger partial charge in [-0.2, -0.15) is 5.26 Å². The Morgan fingerprint density at radius 1 is 1.00 bits per heavy atom. The van der Waals surface area contributed by atoms with E-state index in [1.54, 1.807) is 18.2 Å². The Kier molecular flexibility index (Phi) is 3.54. The van der Waals surface area contributed by atoms with Crippen LogP contribution in [0.1, 0.15) is 11.1 Å². The van der Waals surface area contributed by atoms with Gasteiger partial charge in [0.25, 0.3) is 0 Å². The molecule has 0 unspecified atom stereocenters. The van der Waals surface area contributed by atoms with Gasteiger partial charge in [0.1, 0.15) is 11.2 Å². The number of hydrogen-bond acceptors (Lipinski definition) is 2. The van der Waals surface area contributed by atoms with Gasteiger partial charge in [0.15, 0.2) is 0 Å². The maximum absolute atomic E-state index is 8.94. The van der Waals surface area contributed by atoms with Crippen molar-refractivity contribution in [2.75, 3.05) is 0 Å². The normalized spacial score (nSPS) is 10.9. The molecule has 0 aliphatic rings. The zero-order valence-corrected chi connectivity index (χ0v) is 9.72. The highest BCUT2D eigenvalue weighted by atomic mass is 35.5. The monoisotopic (exact) mass is 240 g/mol. The lowest BCUT2D eigenvalue weighted by Crippen LogP contribution is -1.89. The van der Waals surface area contributed by atoms with E-state index in [9.17, 15) is 0 Å². The zero-order chi connectivity index (χ0) is 12.1. The summed E-state index contributed by atoms with van der Waals surface area (Å²) in [6.07, 6.45) is 0. The second-order valence-electron chi connectivity index (χ2n) is 3.40. The van der Waals surface area contributed by atoms with Gasteiger partial charge in [0.2, 0.25) is 0 Å². The van der Waals surface area contributed by atoms with Crippen molar-refractivity contribution in [2.45, 2.75) is 0 Å². The van der Waals surface area contributed by atoms with Crippen LogP contribution in [-0.2, 0) is 0 Å². The summed E-state index contributed by atoms with van der Waals surface area (Å²) in [7, 11) is 0. The molecule has 0 radical (unpaired) electrons. The van der Waals surface area contributed by atoms with Crippen molar-refractivity contribution in [3.63, 3.8) is 0 Å². The van der Waals surface area contributed by atoms with Gasteiger partial charge in [0.05, 0.1) is 11.3 Å². The second kappa shape index (κ2) is 5.29. The van der Waals surface area contributed by atoms with Crippen molar-refractivity contribution in [1.29, 1.82) is 5.26 Å². The number of rotatable bonds is 2. The lowest BCUT2D eigenvalue weighted by atomic mass is 10.2. The van der Waals surface area contributed by atoms with Crippen molar-refractivity contribution in [3.05, 3.63) is 65.7 Å². The minimum Gasteiger partial charge on any atom is -0.235 e. The van der Waals surface area contributed by atoms with Gasteiger partial charge in [0, 0.05) is 5.56 Å². The molecule has 3 heteroatoms. The van der Waals surface area contributed by atoms with Crippen LogP contribution >= 0.6 is 11.6 Å². The molecule has 0 fully saturated rings. The van der Waals surface area contributed by atoms with Crippen LogP contribution < -0.4 is 0 Å². The Hall–Kier alpha value is -2.11. The SMILES string of the molecule is N#Cc1ccccc1/N=C(\Cl)c1ccccc1. The van der Waals surface area contributed by atoms with Gasteiger partial charge < -0.3 is 0 Å². The smallest absolute Gasteiger partial charge is 0.136 e. The van der Waals surface area contributed by atoms with Crippen LogP contribution in [0.3, 0.4) is 0 Å². The fraction of sp³-hybridized carbons (Fsp3) is 0. The Morgan fingerprint density at radius 2 is 1.65 bits per heavy atom. The van der Waals surface area contributed by atoms with Crippen molar-refractivity contribution in [1.82, 2.24) is 0 Å². The van der Waals surface area contributed by atoms with Gasteiger partial charge in [-0.1, -0.05) is 54.1 Å². The third kappa shape index (κ3) is 2.72. The summed E-state index contributed by atoms with van der Waals surface area (Å²) in [5, 5.41) is 9.32. The Bertz CT molecular complexity index is 583. The molecule has 0 atom stereocenters. The van der Waals surface area contributed by atoms with Crippen LogP contribution in [-0.4, -0.2) is 5.17 Å². The summed E-state index contributed by atoms with van der Waals surface area (Å²) in [4.78, 5) is 4.26. The van der Waals surface area contributed by atoms with Gasteiger partial charge in [-0.3, -0.25) is 0 Å². The number of halogens is 1. The molecule has 0 saturated carbocycles. The molecule has 0 bridgehead atoms. The largest absolute Gasteiger partial charge is 0.235 e. The summed E-state index contributed by atoms with van der Waals surface area (Å²) >= 11 is 6.11. The molecule has 17 heavy (non-hydrogen) atoms. The van der Waals surface area contributed by atoms with Gasteiger partial charge in [-0.25, -0.2) is 4.99 Å². The Morgan fingerprint density at radius 3 is 2.35 bits per heavy atom. The van der Waals surface area contributed by atoms with Gasteiger partial charge in [-0.05, 0) is 12.1 Å². The third-order valence-corrected chi connectivity index (χ3v) is 2.56. The maximum Gasteiger partial charge on any atom is 0.136 e. The van der Waals surface area contributed by atoms with Crippen molar-refractivity contribution in [3.8, 4) is 6.07 Å². The summed E-state index contributed by atoms with van der Waals surface area (Å²) < 4.78 is 0. The lowest BCUT2D eigenvalue weighted by Gasteiger charge is -2.00. The number of nitriles is 1. The number of aliphatic imine (C=N–C) groups is 1. The summed E-state index contributed by atoms with van der Waals surface area (Å²) in [6, 6.07) is 18.6. The minimum atomic E-state index is 0.383. The quantitative estimate of drug-likeness (QED) is 0.734. The highest BCUT2D eigenvalue weighted by Gasteiger charge is 2.02. The summed E-state index contributed by atoms with van der Waals surface area (Å²) in [5.41, 5.74) is 1.94. The van der Waals surface area contributed by atoms with Crippen LogP contribution in [0.2, 0.25) is 0 Å². The van der Waals surface area contributed by atoms with E-state index in [2.05, 4.69) is 11.1 Å². The van der Waals surface area contributed by atoms with Crippen LogP contribution in [0.25, 0.3) is 0 Å². The van der Waals surface area contributed by atoms with Crippen molar-refractivity contribution in [2.24, 2.45) is 4.99 Å². The molecule has 0 aromatic heterocycles. The number of nitrogens with zero attached hydrogens (tertiary/aromatic N) is 2. The van der Waals surface area contributed by atoms with Crippen LogP contribution in [0.4, 0.5) is 5.69 Å². The maximum atomic E-state index is 8.94. The van der Waals surface area contributed by atoms with E-state index in [0.717, 1.165) is 5.56 Å². The van der Waals surface area contributed by atoms with E-state index < -0.39 is 0 Å². The van der Waals surface area contributed by atoms with Crippen molar-refractivity contribution < 1.29 is 0 Å². The predicted octanol–water partition coefficient (Wildman–Crippen LogP) is 3.88. The van der Waals surface area contributed by atoms with E-state index >= 15 is 0 Å². The molecular weight excluding hydrogens is 232 g/mol. The van der Waals surface area contributed by atoms with E-state index in [-0.39, 0.29) is 0 Å². The Balaban J connectivity index is 2.41. The average molecular weight is 241 g/mol. The first-order chi connectivity index (χ1) is 8.31. The predicted molar refractivity (Wildman–Crippen MR) is 69.6 cm³/mol. The molecule has 0 saturated heterocycles. The van der Waals surface area contributed by atoms with E-state index in [1.165, 1.54) is 0 Å². The summed E-state index contributed by atoms with van der Waals surface area (Å²) in [5.74, 6) is 0. The molecule has 0 amide bonds.